The average Bonchev–Trinajstić information content (AvgIpc) is 3.36. The molecule has 1 amide bonds. The van der Waals surface area contributed by atoms with Crippen molar-refractivity contribution >= 4 is 5.91 Å². The third-order valence-corrected chi connectivity index (χ3v) is 5.78. The maximum atomic E-state index is 13.3. The Labute approximate surface area is 154 Å². The number of rotatable bonds is 5. The van der Waals surface area contributed by atoms with Crippen LogP contribution in [0, 0.1) is 12.8 Å². The number of aryl methyl sites for hydroxylation is 1. The summed E-state index contributed by atoms with van der Waals surface area (Å²) in [6.07, 6.45) is 3.18. The number of hydrogen-bond donors (Lipinski definition) is 0. The lowest BCUT2D eigenvalue weighted by atomic mass is 9.93. The Balaban J connectivity index is 1.53. The topological polar surface area (TPSA) is 62.5 Å². The highest BCUT2D eigenvalue weighted by molar-refractivity contribution is 5.80. The molecule has 26 heavy (non-hydrogen) atoms. The van der Waals surface area contributed by atoms with Gasteiger partial charge in [0, 0.05) is 25.6 Å². The van der Waals surface area contributed by atoms with E-state index in [9.17, 15) is 4.79 Å². The van der Waals surface area contributed by atoms with Gasteiger partial charge in [-0.1, -0.05) is 35.5 Å². The Morgan fingerprint density at radius 3 is 2.85 bits per heavy atom. The van der Waals surface area contributed by atoms with Crippen molar-refractivity contribution in [2.75, 3.05) is 13.1 Å². The van der Waals surface area contributed by atoms with E-state index in [1.807, 2.05) is 17.9 Å². The lowest BCUT2D eigenvalue weighted by molar-refractivity contribution is -0.136. The van der Waals surface area contributed by atoms with Crippen LogP contribution in [0.15, 0.2) is 34.9 Å². The smallest absolute Gasteiger partial charge is 0.227 e. The summed E-state index contributed by atoms with van der Waals surface area (Å²) in [6, 6.07) is 11.3. The van der Waals surface area contributed by atoms with E-state index >= 15 is 0 Å². The Morgan fingerprint density at radius 1 is 1.35 bits per heavy atom. The standard InChI is InChI=1S/C20H26N4O2/c1-3-23(13-19-21-14(2)26-22-19)20(25)16-12-18(15-8-5-4-6-9-15)24-11-7-10-17(16)24/h4-6,8-9,16-18H,3,7,10-13H2,1-2H3/t16-,17+,18-/m1/s1. The fourth-order valence-electron chi connectivity index (χ4n) is 4.59. The predicted octanol–water partition coefficient (Wildman–Crippen LogP) is 2.95. The molecule has 3 atom stereocenters. The Kier molecular flexibility index (Phi) is 4.76. The van der Waals surface area contributed by atoms with Gasteiger partial charge in [-0.2, -0.15) is 4.98 Å². The zero-order chi connectivity index (χ0) is 18.1. The molecule has 0 radical (unpaired) electrons. The van der Waals surface area contributed by atoms with Gasteiger partial charge in [-0.25, -0.2) is 0 Å². The summed E-state index contributed by atoms with van der Waals surface area (Å²) in [5, 5.41) is 3.95. The SMILES string of the molecule is CCN(Cc1noc(C)n1)C(=O)[C@@H]1C[C@H](c2ccccc2)N2CCC[C@@H]12. The van der Waals surface area contributed by atoms with E-state index in [-0.39, 0.29) is 11.8 Å². The molecule has 1 aromatic carbocycles. The first-order valence-electron chi connectivity index (χ1n) is 9.56. The molecule has 0 unspecified atom stereocenters. The lowest BCUT2D eigenvalue weighted by Crippen LogP contribution is -2.40. The van der Waals surface area contributed by atoms with Crippen molar-refractivity contribution in [1.29, 1.82) is 0 Å². The van der Waals surface area contributed by atoms with Gasteiger partial charge in [0.05, 0.1) is 12.5 Å². The first-order chi connectivity index (χ1) is 12.7. The Bertz CT molecular complexity index is 760. The van der Waals surface area contributed by atoms with Crippen molar-refractivity contribution in [2.45, 2.75) is 51.7 Å². The largest absolute Gasteiger partial charge is 0.340 e. The van der Waals surface area contributed by atoms with Crippen molar-refractivity contribution in [3.05, 3.63) is 47.6 Å². The van der Waals surface area contributed by atoms with Gasteiger partial charge in [-0.05, 0) is 38.3 Å². The number of carbonyl (C=O) groups excluding carboxylic acids is 1. The molecule has 0 N–H and O–H groups in total. The number of fused-ring (bicyclic) bond motifs is 1. The highest BCUT2D eigenvalue weighted by Gasteiger charge is 2.48. The molecule has 1 aromatic heterocycles. The molecular formula is C20H26N4O2. The van der Waals surface area contributed by atoms with Crippen LogP contribution < -0.4 is 0 Å². The molecule has 2 aromatic rings. The maximum absolute atomic E-state index is 13.3. The average molecular weight is 354 g/mol. The molecule has 138 valence electrons. The first kappa shape index (κ1) is 17.2. The van der Waals surface area contributed by atoms with Gasteiger partial charge >= 0.3 is 0 Å². The maximum Gasteiger partial charge on any atom is 0.227 e. The van der Waals surface area contributed by atoms with Crippen LogP contribution in [0.4, 0.5) is 0 Å². The van der Waals surface area contributed by atoms with Gasteiger partial charge in [0.1, 0.15) is 0 Å². The molecule has 0 bridgehead atoms. The third kappa shape index (κ3) is 3.14. The molecule has 2 saturated heterocycles. The highest BCUT2D eigenvalue weighted by atomic mass is 16.5. The third-order valence-electron chi connectivity index (χ3n) is 5.78. The number of benzene rings is 1. The van der Waals surface area contributed by atoms with E-state index in [0.29, 0.717) is 36.9 Å². The predicted molar refractivity (Wildman–Crippen MR) is 97.1 cm³/mol. The lowest BCUT2D eigenvalue weighted by Gasteiger charge is -2.27. The van der Waals surface area contributed by atoms with Gasteiger partial charge in [0.2, 0.25) is 11.8 Å². The molecule has 6 heteroatoms. The molecule has 2 fully saturated rings. The summed E-state index contributed by atoms with van der Waals surface area (Å²) in [4.78, 5) is 22.0. The Morgan fingerprint density at radius 2 is 2.15 bits per heavy atom. The summed E-state index contributed by atoms with van der Waals surface area (Å²) in [7, 11) is 0. The monoisotopic (exact) mass is 354 g/mol. The van der Waals surface area contributed by atoms with Crippen LogP contribution in [0.25, 0.3) is 0 Å². The number of amides is 1. The molecule has 3 heterocycles. The summed E-state index contributed by atoms with van der Waals surface area (Å²) in [6.45, 7) is 5.95. The second-order valence-electron chi connectivity index (χ2n) is 7.30. The van der Waals surface area contributed by atoms with Gasteiger partial charge in [-0.3, -0.25) is 9.69 Å². The van der Waals surface area contributed by atoms with Crippen LogP contribution in [-0.2, 0) is 11.3 Å². The van der Waals surface area contributed by atoms with E-state index < -0.39 is 0 Å². The van der Waals surface area contributed by atoms with Crippen molar-refractivity contribution < 1.29 is 9.32 Å². The molecule has 6 nitrogen and oxygen atoms in total. The van der Waals surface area contributed by atoms with Crippen LogP contribution in [-0.4, -0.2) is 45.0 Å². The van der Waals surface area contributed by atoms with E-state index in [1.165, 1.54) is 12.0 Å². The first-order valence-corrected chi connectivity index (χ1v) is 9.56. The van der Waals surface area contributed by atoms with E-state index in [2.05, 4.69) is 39.3 Å². The van der Waals surface area contributed by atoms with E-state index in [4.69, 9.17) is 4.52 Å². The summed E-state index contributed by atoms with van der Waals surface area (Å²) < 4.78 is 5.05. The summed E-state index contributed by atoms with van der Waals surface area (Å²) in [5.41, 5.74) is 1.33. The van der Waals surface area contributed by atoms with Gasteiger partial charge < -0.3 is 9.42 Å². The molecular weight excluding hydrogens is 328 g/mol. The second kappa shape index (κ2) is 7.19. The zero-order valence-corrected chi connectivity index (χ0v) is 15.5. The van der Waals surface area contributed by atoms with E-state index in [0.717, 1.165) is 19.4 Å². The van der Waals surface area contributed by atoms with Crippen LogP contribution in [0.2, 0.25) is 0 Å². The molecule has 0 spiro atoms. The number of nitrogens with zero attached hydrogens (tertiary/aromatic N) is 4. The minimum Gasteiger partial charge on any atom is -0.340 e. The second-order valence-corrected chi connectivity index (χ2v) is 7.30. The molecule has 0 saturated carbocycles. The molecule has 4 rings (SSSR count). The van der Waals surface area contributed by atoms with E-state index in [1.54, 1.807) is 6.92 Å². The number of aromatic nitrogens is 2. The number of carbonyl (C=O) groups is 1. The van der Waals surface area contributed by atoms with Crippen molar-refractivity contribution in [3.8, 4) is 0 Å². The van der Waals surface area contributed by atoms with Gasteiger partial charge in [-0.15, -0.1) is 0 Å². The number of hydrogen-bond acceptors (Lipinski definition) is 5. The van der Waals surface area contributed by atoms with Crippen molar-refractivity contribution in [1.82, 2.24) is 19.9 Å². The van der Waals surface area contributed by atoms with Crippen LogP contribution in [0.5, 0.6) is 0 Å². The van der Waals surface area contributed by atoms with Crippen LogP contribution in [0.3, 0.4) is 0 Å². The quantitative estimate of drug-likeness (QED) is 0.826. The fourth-order valence-corrected chi connectivity index (χ4v) is 4.59. The molecule has 2 aliphatic heterocycles. The normalized spacial score (nSPS) is 25.4. The highest BCUT2D eigenvalue weighted by Crippen LogP contribution is 2.45. The molecule has 2 aliphatic rings. The van der Waals surface area contributed by atoms with Crippen molar-refractivity contribution in [2.24, 2.45) is 5.92 Å². The fraction of sp³-hybridized carbons (Fsp3) is 0.550. The van der Waals surface area contributed by atoms with Gasteiger partial charge in [0.15, 0.2) is 5.82 Å². The summed E-state index contributed by atoms with van der Waals surface area (Å²) >= 11 is 0. The minimum atomic E-state index is 0.0515. The summed E-state index contributed by atoms with van der Waals surface area (Å²) in [5.74, 6) is 1.40. The van der Waals surface area contributed by atoms with Crippen molar-refractivity contribution in [3.63, 3.8) is 0 Å². The minimum absolute atomic E-state index is 0.0515. The van der Waals surface area contributed by atoms with Crippen LogP contribution >= 0.6 is 0 Å². The molecule has 0 aliphatic carbocycles. The van der Waals surface area contributed by atoms with Gasteiger partial charge in [0.25, 0.3) is 0 Å². The Hall–Kier alpha value is -2.21. The van der Waals surface area contributed by atoms with Crippen LogP contribution in [0.1, 0.15) is 49.5 Å². The zero-order valence-electron chi connectivity index (χ0n) is 15.5.